The molecule has 0 radical (unpaired) electrons. The highest BCUT2D eigenvalue weighted by Gasteiger charge is 2.14. The predicted molar refractivity (Wildman–Crippen MR) is 69.6 cm³/mol. The van der Waals surface area contributed by atoms with Gasteiger partial charge in [-0.05, 0) is 18.6 Å². The molecule has 4 nitrogen and oxygen atoms in total. The van der Waals surface area contributed by atoms with E-state index in [0.717, 1.165) is 18.1 Å². The SMILES string of the molecule is CCCCCN1CN=CC=C1c1ncccn1. The van der Waals surface area contributed by atoms with Gasteiger partial charge in [0.25, 0.3) is 0 Å². The van der Waals surface area contributed by atoms with Crippen molar-refractivity contribution in [3.63, 3.8) is 0 Å². The van der Waals surface area contributed by atoms with E-state index in [1.54, 1.807) is 12.4 Å². The summed E-state index contributed by atoms with van der Waals surface area (Å²) in [6, 6.07) is 1.84. The predicted octanol–water partition coefficient (Wildman–Crippen LogP) is 2.35. The fourth-order valence-corrected chi connectivity index (χ4v) is 1.84. The van der Waals surface area contributed by atoms with E-state index in [-0.39, 0.29) is 0 Å². The van der Waals surface area contributed by atoms with E-state index in [9.17, 15) is 0 Å². The molecule has 0 aromatic carbocycles. The van der Waals surface area contributed by atoms with Crippen LogP contribution in [0.3, 0.4) is 0 Å². The number of unbranched alkanes of at least 4 members (excludes halogenated alkanes) is 2. The number of rotatable bonds is 5. The molecule has 1 aromatic rings. The van der Waals surface area contributed by atoms with Crippen molar-refractivity contribution in [3.05, 3.63) is 30.4 Å². The quantitative estimate of drug-likeness (QED) is 0.729. The van der Waals surface area contributed by atoms with E-state index in [1.807, 2.05) is 18.4 Å². The Hall–Kier alpha value is -1.71. The summed E-state index contributed by atoms with van der Waals surface area (Å²) in [4.78, 5) is 15.1. The molecule has 17 heavy (non-hydrogen) atoms. The van der Waals surface area contributed by atoms with Crippen LogP contribution >= 0.6 is 0 Å². The maximum absolute atomic E-state index is 4.30. The lowest BCUT2D eigenvalue weighted by Crippen LogP contribution is -2.26. The monoisotopic (exact) mass is 230 g/mol. The maximum Gasteiger partial charge on any atom is 0.175 e. The molecule has 0 amide bonds. The summed E-state index contributed by atoms with van der Waals surface area (Å²) >= 11 is 0. The van der Waals surface area contributed by atoms with Crippen LogP contribution in [0.4, 0.5) is 0 Å². The van der Waals surface area contributed by atoms with E-state index in [1.165, 1.54) is 19.3 Å². The zero-order chi connectivity index (χ0) is 11.9. The fourth-order valence-electron chi connectivity index (χ4n) is 1.84. The highest BCUT2D eigenvalue weighted by atomic mass is 15.2. The third kappa shape index (κ3) is 3.12. The average Bonchev–Trinajstić information content (AvgIpc) is 2.41. The van der Waals surface area contributed by atoms with Gasteiger partial charge in [-0.3, -0.25) is 4.99 Å². The van der Waals surface area contributed by atoms with Crippen molar-refractivity contribution in [1.29, 1.82) is 0 Å². The summed E-state index contributed by atoms with van der Waals surface area (Å²) in [6.07, 6.45) is 11.1. The van der Waals surface area contributed by atoms with Crippen molar-refractivity contribution >= 4 is 11.9 Å². The Labute approximate surface area is 102 Å². The molecule has 2 rings (SSSR count). The smallest absolute Gasteiger partial charge is 0.175 e. The Bertz CT molecular complexity index is 397. The Morgan fingerprint density at radius 2 is 2.06 bits per heavy atom. The highest BCUT2D eigenvalue weighted by molar-refractivity contribution is 5.83. The Kier molecular flexibility index (Phi) is 4.24. The van der Waals surface area contributed by atoms with Crippen molar-refractivity contribution in [2.24, 2.45) is 4.99 Å². The van der Waals surface area contributed by atoms with Gasteiger partial charge in [-0.15, -0.1) is 0 Å². The van der Waals surface area contributed by atoms with Gasteiger partial charge >= 0.3 is 0 Å². The van der Waals surface area contributed by atoms with Gasteiger partial charge in [0.15, 0.2) is 5.82 Å². The molecule has 0 N–H and O–H groups in total. The minimum Gasteiger partial charge on any atom is -0.349 e. The second kappa shape index (κ2) is 6.13. The lowest BCUT2D eigenvalue weighted by molar-refractivity contribution is 0.390. The number of aliphatic imine (C=N–C) groups is 1. The van der Waals surface area contributed by atoms with Gasteiger partial charge < -0.3 is 4.90 Å². The maximum atomic E-state index is 4.30. The van der Waals surface area contributed by atoms with Gasteiger partial charge in [-0.2, -0.15) is 0 Å². The first-order valence-corrected chi connectivity index (χ1v) is 6.14. The summed E-state index contributed by atoms with van der Waals surface area (Å²) < 4.78 is 0. The van der Waals surface area contributed by atoms with Crippen LogP contribution in [0.2, 0.25) is 0 Å². The molecular formula is C13H18N4. The molecule has 0 fully saturated rings. The van der Waals surface area contributed by atoms with Gasteiger partial charge in [-0.1, -0.05) is 19.8 Å². The first kappa shape index (κ1) is 11.8. The van der Waals surface area contributed by atoms with Gasteiger partial charge in [-0.25, -0.2) is 9.97 Å². The van der Waals surface area contributed by atoms with Crippen LogP contribution in [0.15, 0.2) is 29.5 Å². The molecule has 90 valence electrons. The Morgan fingerprint density at radius 1 is 1.24 bits per heavy atom. The number of hydrogen-bond donors (Lipinski definition) is 0. The zero-order valence-corrected chi connectivity index (χ0v) is 10.2. The molecule has 0 saturated heterocycles. The van der Waals surface area contributed by atoms with Gasteiger partial charge in [0.1, 0.15) is 6.67 Å². The standard InChI is InChI=1S/C13H18N4/c1-2-3-4-10-17-11-14-9-6-12(17)13-15-7-5-8-16-13/h5-9H,2-4,10-11H2,1H3. The van der Waals surface area contributed by atoms with Crippen molar-refractivity contribution in [1.82, 2.24) is 14.9 Å². The third-order valence-electron chi connectivity index (χ3n) is 2.76. The van der Waals surface area contributed by atoms with Gasteiger partial charge in [0.2, 0.25) is 0 Å². The first-order chi connectivity index (χ1) is 8.42. The van der Waals surface area contributed by atoms with Crippen LogP contribution in [-0.2, 0) is 0 Å². The first-order valence-electron chi connectivity index (χ1n) is 6.14. The van der Waals surface area contributed by atoms with Crippen LogP contribution in [0.25, 0.3) is 5.70 Å². The molecule has 1 aliphatic rings. The van der Waals surface area contributed by atoms with Crippen molar-refractivity contribution in [2.45, 2.75) is 26.2 Å². The van der Waals surface area contributed by atoms with Crippen molar-refractivity contribution in [2.75, 3.05) is 13.2 Å². The second-order valence-corrected chi connectivity index (χ2v) is 4.07. The summed E-state index contributed by atoms with van der Waals surface area (Å²) in [6.45, 7) is 3.95. The summed E-state index contributed by atoms with van der Waals surface area (Å²) in [5.41, 5.74) is 1.08. The fraction of sp³-hybridized carbons (Fsp3) is 0.462. The van der Waals surface area contributed by atoms with E-state index >= 15 is 0 Å². The van der Waals surface area contributed by atoms with Crippen LogP contribution < -0.4 is 0 Å². The molecule has 0 unspecified atom stereocenters. The van der Waals surface area contributed by atoms with E-state index < -0.39 is 0 Å². The normalized spacial score (nSPS) is 14.9. The lowest BCUT2D eigenvalue weighted by atomic mass is 10.2. The summed E-state index contributed by atoms with van der Waals surface area (Å²) in [5, 5.41) is 0. The molecule has 1 aliphatic heterocycles. The van der Waals surface area contributed by atoms with Gasteiger partial charge in [0.05, 0.1) is 5.70 Å². The Balaban J connectivity index is 2.07. The molecule has 0 spiro atoms. The third-order valence-corrected chi connectivity index (χ3v) is 2.76. The second-order valence-electron chi connectivity index (χ2n) is 4.07. The summed E-state index contributed by atoms with van der Waals surface area (Å²) in [7, 11) is 0. The number of nitrogens with zero attached hydrogens (tertiary/aromatic N) is 4. The van der Waals surface area contributed by atoms with E-state index in [0.29, 0.717) is 6.67 Å². The summed E-state index contributed by atoms with van der Waals surface area (Å²) in [5.74, 6) is 0.787. The van der Waals surface area contributed by atoms with Gasteiger partial charge in [0, 0.05) is 25.2 Å². The van der Waals surface area contributed by atoms with Crippen molar-refractivity contribution in [3.8, 4) is 0 Å². The lowest BCUT2D eigenvalue weighted by Gasteiger charge is -2.26. The Morgan fingerprint density at radius 3 is 2.82 bits per heavy atom. The minimum atomic E-state index is 0.716. The molecule has 4 heteroatoms. The van der Waals surface area contributed by atoms with Crippen LogP contribution in [-0.4, -0.2) is 34.3 Å². The minimum absolute atomic E-state index is 0.716. The zero-order valence-electron chi connectivity index (χ0n) is 10.2. The molecule has 0 bridgehead atoms. The van der Waals surface area contributed by atoms with Crippen molar-refractivity contribution < 1.29 is 0 Å². The van der Waals surface area contributed by atoms with Crippen LogP contribution in [0.1, 0.15) is 32.0 Å². The molecule has 1 aromatic heterocycles. The highest BCUT2D eigenvalue weighted by Crippen LogP contribution is 2.17. The largest absolute Gasteiger partial charge is 0.349 e. The molecule has 2 heterocycles. The van der Waals surface area contributed by atoms with Crippen LogP contribution in [0, 0.1) is 0 Å². The van der Waals surface area contributed by atoms with E-state index in [2.05, 4.69) is 26.8 Å². The van der Waals surface area contributed by atoms with E-state index in [4.69, 9.17) is 0 Å². The molecular weight excluding hydrogens is 212 g/mol. The molecule has 0 atom stereocenters. The number of allylic oxidation sites excluding steroid dienone is 1. The molecule has 0 saturated carbocycles. The number of aromatic nitrogens is 2. The molecule has 0 aliphatic carbocycles. The van der Waals surface area contributed by atoms with Crippen LogP contribution in [0.5, 0.6) is 0 Å². The average molecular weight is 230 g/mol. The topological polar surface area (TPSA) is 41.4 Å². The number of hydrogen-bond acceptors (Lipinski definition) is 4.